The minimum absolute atomic E-state index is 0.0219. The van der Waals surface area contributed by atoms with E-state index in [1.807, 2.05) is 23.1 Å². The largest absolute Gasteiger partial charge is 0.494 e. The van der Waals surface area contributed by atoms with E-state index in [4.69, 9.17) is 4.74 Å². The van der Waals surface area contributed by atoms with E-state index in [1.54, 1.807) is 7.11 Å². The Labute approximate surface area is 130 Å². The molecule has 22 heavy (non-hydrogen) atoms. The van der Waals surface area contributed by atoms with E-state index < -0.39 is 0 Å². The number of para-hydroxylation sites is 1. The highest BCUT2D eigenvalue weighted by Gasteiger charge is 2.31. The number of benzene rings is 1. The quantitative estimate of drug-likeness (QED) is 0.918. The Morgan fingerprint density at radius 2 is 2.00 bits per heavy atom. The summed E-state index contributed by atoms with van der Waals surface area (Å²) in [5.41, 5.74) is 1.24. The number of carbonyl (C=O) groups excluding carboxylic acids is 1. The van der Waals surface area contributed by atoms with E-state index in [0.717, 1.165) is 24.0 Å². The van der Waals surface area contributed by atoms with E-state index in [9.17, 15) is 4.79 Å². The van der Waals surface area contributed by atoms with Crippen molar-refractivity contribution < 1.29 is 9.53 Å². The van der Waals surface area contributed by atoms with E-state index in [-0.39, 0.29) is 5.91 Å². The van der Waals surface area contributed by atoms with E-state index in [2.05, 4.69) is 36.0 Å². The van der Waals surface area contributed by atoms with Gasteiger partial charge in [0.05, 0.1) is 7.11 Å². The number of piperazine rings is 1. The molecule has 0 aliphatic carbocycles. The summed E-state index contributed by atoms with van der Waals surface area (Å²) >= 11 is 0. The third-order valence-electron chi connectivity index (χ3n) is 4.63. The average Bonchev–Trinajstić information content (AvgIpc) is 2.95. The molecule has 1 fully saturated rings. The summed E-state index contributed by atoms with van der Waals surface area (Å²) in [6, 6.07) is 6.31. The molecule has 1 amide bonds. The number of fused-ring (bicyclic) bond motifs is 1. The van der Waals surface area contributed by atoms with Crippen LogP contribution < -0.4 is 4.74 Å². The number of carbonyl (C=O) groups is 1. The number of nitrogens with zero attached hydrogens (tertiary/aromatic N) is 3. The average molecular weight is 302 g/mol. The maximum absolute atomic E-state index is 12.9. The smallest absolute Gasteiger partial charge is 0.275 e. The minimum Gasteiger partial charge on any atom is -0.494 e. The fraction of sp³-hybridized carbons (Fsp3) is 0.500. The van der Waals surface area contributed by atoms with Crippen LogP contribution in [0, 0.1) is 0 Å². The highest BCUT2D eigenvalue weighted by molar-refractivity contribution is 6.06. The molecule has 3 rings (SSSR count). The zero-order valence-corrected chi connectivity index (χ0v) is 13.5. The minimum atomic E-state index is -0.0219. The zero-order valence-electron chi connectivity index (χ0n) is 13.5. The summed E-state index contributed by atoms with van der Waals surface area (Å²) in [6.07, 6.45) is 0. The van der Waals surface area contributed by atoms with Crippen molar-refractivity contribution in [1.82, 2.24) is 20.0 Å². The molecule has 0 spiro atoms. The summed E-state index contributed by atoms with van der Waals surface area (Å²) in [4.78, 5) is 17.1. The molecule has 0 radical (unpaired) electrons. The Kier molecular flexibility index (Phi) is 3.78. The highest BCUT2D eigenvalue weighted by Crippen LogP contribution is 2.26. The number of rotatable bonds is 2. The van der Waals surface area contributed by atoms with Crippen molar-refractivity contribution in [1.29, 1.82) is 0 Å². The molecular weight excluding hydrogens is 280 g/mol. The van der Waals surface area contributed by atoms with Crippen molar-refractivity contribution in [3.05, 3.63) is 23.9 Å². The van der Waals surface area contributed by atoms with Crippen molar-refractivity contribution >= 4 is 16.8 Å². The van der Waals surface area contributed by atoms with Crippen LogP contribution >= 0.6 is 0 Å². The molecule has 6 nitrogen and oxygen atoms in total. The van der Waals surface area contributed by atoms with Gasteiger partial charge in [-0.1, -0.05) is 12.1 Å². The Bertz CT molecular complexity index is 685. The standard InChI is InChI=1S/C16H22N4O2/c1-10-8-20(9-11(2)19(10)3)16(21)15-12-6-5-7-13(22-4)14(12)17-18-15/h5-7,10-11H,8-9H2,1-4H3,(H,17,18)/t10-,11+. The molecule has 118 valence electrons. The van der Waals surface area contributed by atoms with Crippen LogP contribution in [0.1, 0.15) is 24.3 Å². The lowest BCUT2D eigenvalue weighted by molar-refractivity contribution is 0.0411. The summed E-state index contributed by atoms with van der Waals surface area (Å²) in [6.45, 7) is 5.72. The fourth-order valence-electron chi connectivity index (χ4n) is 3.07. The lowest BCUT2D eigenvalue weighted by Crippen LogP contribution is -2.56. The second-order valence-electron chi connectivity index (χ2n) is 6.03. The van der Waals surface area contributed by atoms with Gasteiger partial charge in [-0.2, -0.15) is 5.10 Å². The van der Waals surface area contributed by atoms with Crippen molar-refractivity contribution in [3.63, 3.8) is 0 Å². The van der Waals surface area contributed by atoms with Gasteiger partial charge in [-0.3, -0.25) is 14.8 Å². The van der Waals surface area contributed by atoms with Gasteiger partial charge in [0.1, 0.15) is 11.3 Å². The topological polar surface area (TPSA) is 61.5 Å². The Morgan fingerprint density at radius 1 is 1.32 bits per heavy atom. The number of nitrogens with one attached hydrogen (secondary N) is 1. The SMILES string of the molecule is COc1cccc2c(C(=O)N3C[C@@H](C)N(C)[C@@H](C)C3)n[nH]c12. The van der Waals surface area contributed by atoms with Crippen LogP contribution in [0.25, 0.3) is 10.9 Å². The van der Waals surface area contributed by atoms with Crippen molar-refractivity contribution in [3.8, 4) is 5.75 Å². The first-order valence-electron chi connectivity index (χ1n) is 7.55. The normalized spacial score (nSPS) is 23.0. The summed E-state index contributed by atoms with van der Waals surface area (Å²) in [5.74, 6) is 0.676. The van der Waals surface area contributed by atoms with Gasteiger partial charge in [-0.25, -0.2) is 0 Å². The van der Waals surface area contributed by atoms with Crippen molar-refractivity contribution in [2.45, 2.75) is 25.9 Å². The van der Waals surface area contributed by atoms with Crippen LogP contribution in [0.3, 0.4) is 0 Å². The van der Waals surface area contributed by atoms with Gasteiger partial charge in [0, 0.05) is 30.6 Å². The Hall–Kier alpha value is -2.08. The summed E-state index contributed by atoms with van der Waals surface area (Å²) in [7, 11) is 3.72. The first-order valence-corrected chi connectivity index (χ1v) is 7.55. The number of hydrogen-bond acceptors (Lipinski definition) is 4. The lowest BCUT2D eigenvalue weighted by atomic mass is 10.1. The number of amides is 1. The summed E-state index contributed by atoms with van der Waals surface area (Å²) < 4.78 is 5.31. The maximum Gasteiger partial charge on any atom is 0.275 e. The zero-order chi connectivity index (χ0) is 15.9. The molecule has 2 heterocycles. The monoisotopic (exact) mass is 302 g/mol. The number of aromatic nitrogens is 2. The van der Waals surface area contributed by atoms with Gasteiger partial charge in [-0.05, 0) is 27.0 Å². The predicted molar refractivity (Wildman–Crippen MR) is 85.2 cm³/mol. The van der Waals surface area contributed by atoms with Gasteiger partial charge in [0.25, 0.3) is 5.91 Å². The number of aromatic amines is 1. The number of ether oxygens (including phenoxy) is 1. The van der Waals surface area contributed by atoms with Gasteiger partial charge >= 0.3 is 0 Å². The number of methoxy groups -OCH3 is 1. The van der Waals surface area contributed by atoms with Crippen LogP contribution in [0.2, 0.25) is 0 Å². The molecule has 1 N–H and O–H groups in total. The van der Waals surface area contributed by atoms with Crippen molar-refractivity contribution in [2.75, 3.05) is 27.2 Å². The van der Waals surface area contributed by atoms with Crippen molar-refractivity contribution in [2.24, 2.45) is 0 Å². The van der Waals surface area contributed by atoms with Gasteiger partial charge in [0.2, 0.25) is 0 Å². The number of hydrogen-bond donors (Lipinski definition) is 1. The maximum atomic E-state index is 12.9. The van der Waals surface area contributed by atoms with Crippen LogP contribution in [0.5, 0.6) is 5.75 Å². The van der Waals surface area contributed by atoms with Crippen LogP contribution in [-0.2, 0) is 0 Å². The molecule has 1 saturated heterocycles. The van der Waals surface area contributed by atoms with E-state index in [0.29, 0.717) is 23.5 Å². The third-order valence-corrected chi connectivity index (χ3v) is 4.63. The molecule has 0 bridgehead atoms. The Balaban J connectivity index is 1.93. The molecule has 1 aromatic heterocycles. The molecule has 0 unspecified atom stereocenters. The summed E-state index contributed by atoms with van der Waals surface area (Å²) in [5, 5.41) is 7.97. The van der Waals surface area contributed by atoms with Crippen LogP contribution in [-0.4, -0.2) is 65.2 Å². The van der Waals surface area contributed by atoms with E-state index in [1.165, 1.54) is 0 Å². The van der Waals surface area contributed by atoms with Crippen LogP contribution in [0.15, 0.2) is 18.2 Å². The lowest BCUT2D eigenvalue weighted by Gasteiger charge is -2.42. The molecule has 2 aromatic rings. The first kappa shape index (κ1) is 14.8. The fourth-order valence-corrected chi connectivity index (χ4v) is 3.07. The van der Waals surface area contributed by atoms with Crippen LogP contribution in [0.4, 0.5) is 0 Å². The molecular formula is C16H22N4O2. The van der Waals surface area contributed by atoms with E-state index >= 15 is 0 Å². The molecule has 0 saturated carbocycles. The molecule has 6 heteroatoms. The second-order valence-corrected chi connectivity index (χ2v) is 6.03. The van der Waals surface area contributed by atoms with Gasteiger partial charge in [-0.15, -0.1) is 0 Å². The van der Waals surface area contributed by atoms with Gasteiger partial charge < -0.3 is 9.64 Å². The number of likely N-dealkylation sites (N-methyl/N-ethyl adjacent to an activating group) is 1. The highest BCUT2D eigenvalue weighted by atomic mass is 16.5. The first-order chi connectivity index (χ1) is 10.5. The molecule has 1 aliphatic rings. The number of H-pyrrole nitrogens is 1. The molecule has 1 aliphatic heterocycles. The molecule has 1 aromatic carbocycles. The third kappa shape index (κ3) is 2.33. The Morgan fingerprint density at radius 3 is 2.64 bits per heavy atom. The molecule has 2 atom stereocenters. The second kappa shape index (κ2) is 5.61. The van der Waals surface area contributed by atoms with Gasteiger partial charge in [0.15, 0.2) is 5.69 Å². The predicted octanol–water partition coefficient (Wildman–Crippen LogP) is 1.74.